The average Bonchev–Trinajstić information content (AvgIpc) is 3.95. The first kappa shape index (κ1) is 46.7. The molecule has 2 saturated carbocycles. The molecule has 4 aliphatic rings. The minimum Gasteiger partial charge on any atom is -0.444 e. The fourth-order valence-corrected chi connectivity index (χ4v) is 11.8. The van der Waals surface area contributed by atoms with Gasteiger partial charge in [0.2, 0.25) is 0 Å². The second-order valence-corrected chi connectivity index (χ2v) is 22.2. The molecule has 0 radical (unpaired) electrons. The third kappa shape index (κ3) is 13.2. The number of benzene rings is 2. The van der Waals surface area contributed by atoms with Gasteiger partial charge in [0.1, 0.15) is 22.8 Å². The van der Waals surface area contributed by atoms with Gasteiger partial charge in [-0.2, -0.15) is 0 Å². The number of likely N-dealkylation sites (tertiary alicyclic amines) is 2. The molecule has 0 atom stereocenters. The van der Waals surface area contributed by atoms with Crippen LogP contribution in [0.3, 0.4) is 0 Å². The third-order valence-electron chi connectivity index (χ3n) is 10.5. The number of ether oxygens (including phenoxy) is 2. The molecule has 1 N–H and O–H groups in total. The van der Waals surface area contributed by atoms with E-state index in [1.54, 1.807) is 30.6 Å². The summed E-state index contributed by atoms with van der Waals surface area (Å²) in [6.45, 7) is 12.6. The van der Waals surface area contributed by atoms with E-state index in [0.717, 1.165) is 23.9 Å². The van der Waals surface area contributed by atoms with Gasteiger partial charge in [-0.25, -0.2) is 35.2 Å². The monoisotopic (exact) mass is 860 g/mol. The van der Waals surface area contributed by atoms with Crippen LogP contribution in [0.1, 0.15) is 92.9 Å². The van der Waals surface area contributed by atoms with E-state index in [4.69, 9.17) is 21.1 Å². The first-order valence-corrected chi connectivity index (χ1v) is 23.3. The minimum atomic E-state index is -3.82. The number of hydrogen-bond donors (Lipinski definition) is 1. The van der Waals surface area contributed by atoms with E-state index >= 15 is 0 Å². The smallest absolute Gasteiger partial charge is 0.410 e. The summed E-state index contributed by atoms with van der Waals surface area (Å²) in [5.74, 6) is 0.349. The number of piperidine rings is 2. The van der Waals surface area contributed by atoms with Crippen molar-refractivity contribution in [1.82, 2.24) is 9.80 Å². The second-order valence-electron chi connectivity index (χ2n) is 17.6. The Morgan fingerprint density at radius 2 is 1.18 bits per heavy atom. The Kier molecular flexibility index (Phi) is 15.5. The van der Waals surface area contributed by atoms with Crippen LogP contribution in [-0.4, -0.2) is 104 Å². The van der Waals surface area contributed by atoms with Crippen molar-refractivity contribution in [3.63, 3.8) is 0 Å². The van der Waals surface area contributed by atoms with E-state index < -0.39 is 59.5 Å². The third-order valence-corrected chi connectivity index (χ3v) is 15.4. The summed E-state index contributed by atoms with van der Waals surface area (Å²) in [4.78, 5) is 27.4. The Morgan fingerprint density at radius 1 is 0.737 bits per heavy atom. The molecule has 6 rings (SSSR count). The Bertz CT molecular complexity index is 1890. The average molecular weight is 862 g/mol. The van der Waals surface area contributed by atoms with Gasteiger partial charge in [0.25, 0.3) is 0 Å². The number of amides is 2. The molecular weight excluding hydrogens is 802 g/mol. The molecule has 2 heterocycles. The largest absolute Gasteiger partial charge is 0.444 e. The van der Waals surface area contributed by atoms with Crippen molar-refractivity contribution in [2.45, 2.75) is 125 Å². The predicted octanol–water partition coefficient (Wildman–Crippen LogP) is 8.02. The Morgan fingerprint density at radius 3 is 1.56 bits per heavy atom. The molecule has 11 nitrogen and oxygen atoms in total. The standard InChI is InChI=1S/C20H28FNO5S.C17H24FNO4S.C4H7Cl/c1-19(2,3)27-18(24)22-9-7-14(8-10-22)20(12-16(23)13-20)28(25,26)17-6-4-5-15(21)11-17;1-17(2,3)23-16(20)19-9-7-13(8-10-19)12-24(21,22)15-6-4-5-14(18)11-15;5-3-4-1-2-4/h4-6,11,14,16,23H,7-10,12-13H2,1-3H3;4-6,11,13H,7-10,12H2,1-3H3;4H,1-3H2. The zero-order valence-corrected chi connectivity index (χ0v) is 36.3. The molecule has 2 saturated heterocycles. The van der Waals surface area contributed by atoms with E-state index in [0.29, 0.717) is 51.9 Å². The number of alkyl halides is 1. The number of aliphatic hydroxyl groups excluding tert-OH is 1. The maximum atomic E-state index is 13.6. The summed E-state index contributed by atoms with van der Waals surface area (Å²) < 4.78 is 87.9. The lowest BCUT2D eigenvalue weighted by Gasteiger charge is -2.51. The van der Waals surface area contributed by atoms with Gasteiger partial charge in [0.15, 0.2) is 19.7 Å². The van der Waals surface area contributed by atoms with E-state index in [2.05, 4.69) is 0 Å². The van der Waals surface area contributed by atoms with E-state index in [-0.39, 0.29) is 46.3 Å². The quantitative estimate of drug-likeness (QED) is 0.274. The van der Waals surface area contributed by atoms with Gasteiger partial charge in [0.05, 0.1) is 26.4 Å². The van der Waals surface area contributed by atoms with Crippen LogP contribution in [0.25, 0.3) is 0 Å². The lowest BCUT2D eigenvalue weighted by Crippen LogP contribution is -2.60. The van der Waals surface area contributed by atoms with Gasteiger partial charge in [-0.1, -0.05) is 12.1 Å². The van der Waals surface area contributed by atoms with E-state index in [1.165, 1.54) is 49.2 Å². The normalized spacial score (nSPS) is 22.2. The molecule has 2 amide bonds. The topological polar surface area (TPSA) is 148 Å². The van der Waals surface area contributed by atoms with Gasteiger partial charge < -0.3 is 24.4 Å². The Balaban J connectivity index is 0.000000227. The van der Waals surface area contributed by atoms with Crippen LogP contribution in [0.4, 0.5) is 18.4 Å². The van der Waals surface area contributed by atoms with Crippen molar-refractivity contribution in [1.29, 1.82) is 0 Å². The highest BCUT2D eigenvalue weighted by molar-refractivity contribution is 7.93. The molecule has 0 unspecified atom stereocenters. The lowest BCUT2D eigenvalue weighted by atomic mass is 9.69. The molecule has 0 spiro atoms. The fourth-order valence-electron chi connectivity index (χ4n) is 7.24. The van der Waals surface area contributed by atoms with Crippen molar-refractivity contribution in [3.8, 4) is 0 Å². The number of sulfone groups is 2. The van der Waals surface area contributed by atoms with Crippen molar-refractivity contribution >= 4 is 43.5 Å². The molecule has 2 aliphatic carbocycles. The Hall–Kier alpha value is -3.01. The lowest BCUT2D eigenvalue weighted by molar-refractivity contribution is -0.00238. The number of carbonyl (C=O) groups is 2. The molecule has 57 heavy (non-hydrogen) atoms. The van der Waals surface area contributed by atoms with Crippen LogP contribution in [-0.2, 0) is 29.1 Å². The number of carbonyl (C=O) groups excluding carboxylic acids is 2. The zero-order valence-electron chi connectivity index (χ0n) is 33.9. The van der Waals surface area contributed by atoms with E-state index in [9.17, 15) is 40.3 Å². The molecule has 16 heteroatoms. The van der Waals surface area contributed by atoms with Crippen LogP contribution in [0.15, 0.2) is 58.3 Å². The van der Waals surface area contributed by atoms with Gasteiger partial charge in [-0.3, -0.25) is 0 Å². The van der Waals surface area contributed by atoms with Crippen LogP contribution in [0.5, 0.6) is 0 Å². The number of hydrogen-bond acceptors (Lipinski definition) is 9. The highest BCUT2D eigenvalue weighted by atomic mass is 35.5. The number of nitrogens with zero attached hydrogens (tertiary/aromatic N) is 2. The van der Waals surface area contributed by atoms with Crippen molar-refractivity contribution in [3.05, 3.63) is 60.2 Å². The summed E-state index contributed by atoms with van der Waals surface area (Å²) in [6, 6.07) is 10.1. The number of halogens is 3. The first-order valence-electron chi connectivity index (χ1n) is 19.6. The van der Waals surface area contributed by atoms with Gasteiger partial charge in [-0.15, -0.1) is 11.6 Å². The van der Waals surface area contributed by atoms with Crippen LogP contribution in [0, 0.1) is 29.4 Å². The van der Waals surface area contributed by atoms with Gasteiger partial charge in [0, 0.05) is 32.1 Å². The van der Waals surface area contributed by atoms with Crippen LogP contribution >= 0.6 is 11.6 Å². The minimum absolute atomic E-state index is 0.0112. The van der Waals surface area contributed by atoms with Gasteiger partial charge >= 0.3 is 12.2 Å². The molecule has 2 aromatic rings. The molecule has 0 aromatic heterocycles. The SMILES string of the molecule is CC(C)(C)OC(=O)N1CCC(C2(S(=O)(=O)c3cccc(F)c3)CC(O)C2)CC1.CC(C)(C)OC(=O)N1CCC(CS(=O)(=O)c2cccc(F)c2)CC1.ClCC1CC1. The van der Waals surface area contributed by atoms with Gasteiger partial charge in [-0.05, 0) is 147 Å². The summed E-state index contributed by atoms with van der Waals surface area (Å²) >= 11 is 5.40. The fraction of sp³-hybridized carbons (Fsp3) is 0.659. The maximum absolute atomic E-state index is 13.6. The first-order chi connectivity index (χ1) is 26.4. The molecule has 4 fully saturated rings. The Labute approximate surface area is 342 Å². The highest BCUT2D eigenvalue weighted by Gasteiger charge is 2.59. The van der Waals surface area contributed by atoms with E-state index in [1.807, 2.05) is 20.8 Å². The van der Waals surface area contributed by atoms with Crippen LogP contribution in [0.2, 0.25) is 0 Å². The molecule has 2 aliphatic heterocycles. The second kappa shape index (κ2) is 18.9. The summed E-state index contributed by atoms with van der Waals surface area (Å²) in [7, 11) is -7.34. The number of aliphatic hydroxyl groups is 1. The number of rotatable bonds is 7. The van der Waals surface area contributed by atoms with Crippen molar-refractivity contribution in [2.75, 3.05) is 37.8 Å². The summed E-state index contributed by atoms with van der Waals surface area (Å²) in [5.41, 5.74) is -1.14. The molecular formula is C41H59ClF2N2O9S2. The summed E-state index contributed by atoms with van der Waals surface area (Å²) in [6.07, 6.45) is 3.78. The maximum Gasteiger partial charge on any atom is 0.410 e. The molecule has 2 aromatic carbocycles. The highest BCUT2D eigenvalue weighted by Crippen LogP contribution is 2.51. The van der Waals surface area contributed by atoms with Crippen molar-refractivity contribution in [2.24, 2.45) is 17.8 Å². The molecule has 320 valence electrons. The zero-order chi connectivity index (χ0) is 42.4. The predicted molar refractivity (Wildman–Crippen MR) is 215 cm³/mol. The summed E-state index contributed by atoms with van der Waals surface area (Å²) in [5, 5.41) is 9.92. The molecule has 0 bridgehead atoms. The van der Waals surface area contributed by atoms with Crippen LogP contribution < -0.4 is 0 Å². The van der Waals surface area contributed by atoms with Crippen molar-refractivity contribution < 1.29 is 49.8 Å².